The summed E-state index contributed by atoms with van der Waals surface area (Å²) < 4.78 is 17.0. The molecule has 82 heavy (non-hydrogen) atoms. The van der Waals surface area contributed by atoms with E-state index < -0.39 is 6.10 Å². The summed E-state index contributed by atoms with van der Waals surface area (Å²) in [6, 6.07) is 0. The topological polar surface area (TPSA) is 78.9 Å². The molecule has 0 saturated heterocycles. The van der Waals surface area contributed by atoms with Gasteiger partial charge in [-0.3, -0.25) is 14.4 Å². The number of carbonyl (C=O) groups excluding carboxylic acids is 3. The molecule has 0 aromatic carbocycles. The number of unbranched alkanes of at least 4 members (excludes halogenated alkanes) is 52. The third kappa shape index (κ3) is 68.4. The zero-order chi connectivity index (χ0) is 59.2. The molecule has 0 aromatic rings. The van der Waals surface area contributed by atoms with Gasteiger partial charge in [-0.25, -0.2) is 0 Å². The van der Waals surface area contributed by atoms with Crippen LogP contribution in [0.2, 0.25) is 0 Å². The van der Waals surface area contributed by atoms with Gasteiger partial charge in [0.25, 0.3) is 0 Å². The molecule has 1 unspecified atom stereocenters. The highest BCUT2D eigenvalue weighted by Crippen LogP contribution is 2.19. The molecule has 0 aromatic heterocycles. The Balaban J connectivity index is 4.13. The van der Waals surface area contributed by atoms with Gasteiger partial charge in [-0.2, -0.15) is 0 Å². The molecular formula is C76H142O6. The highest BCUT2D eigenvalue weighted by Gasteiger charge is 2.20. The fourth-order valence-electron chi connectivity index (χ4n) is 11.3. The lowest BCUT2D eigenvalue weighted by molar-refractivity contribution is -0.167. The van der Waals surface area contributed by atoms with Crippen molar-refractivity contribution in [2.24, 2.45) is 0 Å². The van der Waals surface area contributed by atoms with Gasteiger partial charge >= 0.3 is 17.9 Å². The van der Waals surface area contributed by atoms with Crippen molar-refractivity contribution < 1.29 is 28.6 Å². The monoisotopic (exact) mass is 1150 g/mol. The van der Waals surface area contributed by atoms with E-state index in [0.717, 1.165) is 70.6 Å². The first-order chi connectivity index (χ1) is 40.5. The van der Waals surface area contributed by atoms with Crippen molar-refractivity contribution in [2.45, 2.75) is 419 Å². The molecule has 0 N–H and O–H groups in total. The first kappa shape index (κ1) is 79.6. The van der Waals surface area contributed by atoms with E-state index in [2.05, 4.69) is 57.2 Å². The average Bonchev–Trinajstić information content (AvgIpc) is 3.47. The van der Waals surface area contributed by atoms with Crippen molar-refractivity contribution in [1.82, 2.24) is 0 Å². The number of hydrogen-bond acceptors (Lipinski definition) is 6. The number of allylic oxidation sites excluding steroid dienone is 6. The molecule has 0 heterocycles. The lowest BCUT2D eigenvalue weighted by atomic mass is 10.0. The van der Waals surface area contributed by atoms with Crippen LogP contribution in [0.4, 0.5) is 0 Å². The van der Waals surface area contributed by atoms with Gasteiger partial charge < -0.3 is 14.2 Å². The Morgan fingerprint density at radius 1 is 0.244 bits per heavy atom. The van der Waals surface area contributed by atoms with Gasteiger partial charge in [0, 0.05) is 19.3 Å². The summed E-state index contributed by atoms with van der Waals surface area (Å²) in [5.41, 5.74) is 0. The van der Waals surface area contributed by atoms with E-state index in [-0.39, 0.29) is 31.1 Å². The number of hydrogen-bond donors (Lipinski definition) is 0. The van der Waals surface area contributed by atoms with Gasteiger partial charge in [-0.05, 0) is 57.8 Å². The minimum Gasteiger partial charge on any atom is -0.462 e. The number of ether oxygens (including phenoxy) is 3. The van der Waals surface area contributed by atoms with Gasteiger partial charge in [-0.1, -0.05) is 372 Å². The number of rotatable bonds is 69. The maximum atomic E-state index is 12.9. The molecule has 0 aliphatic heterocycles. The maximum absolute atomic E-state index is 12.9. The normalized spacial score (nSPS) is 12.2. The smallest absolute Gasteiger partial charge is 0.306 e. The van der Waals surface area contributed by atoms with Gasteiger partial charge in [0.15, 0.2) is 6.10 Å². The van der Waals surface area contributed by atoms with E-state index in [1.54, 1.807) is 0 Å². The van der Waals surface area contributed by atoms with E-state index in [1.807, 2.05) is 0 Å². The summed E-state index contributed by atoms with van der Waals surface area (Å²) in [4.78, 5) is 38.4. The summed E-state index contributed by atoms with van der Waals surface area (Å²) in [7, 11) is 0. The van der Waals surface area contributed by atoms with Crippen molar-refractivity contribution in [3.8, 4) is 0 Å². The zero-order valence-corrected chi connectivity index (χ0v) is 55.5. The Morgan fingerprint density at radius 3 is 0.683 bits per heavy atom. The van der Waals surface area contributed by atoms with Crippen LogP contribution in [0.15, 0.2) is 36.5 Å². The zero-order valence-electron chi connectivity index (χ0n) is 55.5. The largest absolute Gasteiger partial charge is 0.462 e. The van der Waals surface area contributed by atoms with Crippen LogP contribution in [-0.2, 0) is 28.6 Å². The Kier molecular flexibility index (Phi) is 69.1. The first-order valence-electron chi connectivity index (χ1n) is 37.0. The van der Waals surface area contributed by atoms with Crippen LogP contribution in [0.3, 0.4) is 0 Å². The predicted molar refractivity (Wildman–Crippen MR) is 358 cm³/mol. The highest BCUT2D eigenvalue weighted by molar-refractivity contribution is 5.71. The Morgan fingerprint density at radius 2 is 0.439 bits per heavy atom. The molecule has 0 fully saturated rings. The Bertz CT molecular complexity index is 1370. The van der Waals surface area contributed by atoms with E-state index in [0.29, 0.717) is 19.3 Å². The summed E-state index contributed by atoms with van der Waals surface area (Å²) in [6.45, 7) is 6.71. The maximum Gasteiger partial charge on any atom is 0.306 e. The molecule has 0 rings (SSSR count). The second kappa shape index (κ2) is 71.1. The Hall–Kier alpha value is -2.37. The van der Waals surface area contributed by atoms with Gasteiger partial charge in [0.2, 0.25) is 0 Å². The summed E-state index contributed by atoms with van der Waals surface area (Å²) >= 11 is 0. The van der Waals surface area contributed by atoms with Gasteiger partial charge in [-0.15, -0.1) is 0 Å². The lowest BCUT2D eigenvalue weighted by Gasteiger charge is -2.18. The summed E-state index contributed by atoms with van der Waals surface area (Å²) in [6.07, 6.45) is 89.0. The van der Waals surface area contributed by atoms with E-state index in [9.17, 15) is 14.4 Å². The van der Waals surface area contributed by atoms with Crippen LogP contribution in [0.5, 0.6) is 0 Å². The van der Waals surface area contributed by atoms with Gasteiger partial charge in [0.05, 0.1) is 0 Å². The molecule has 0 spiro atoms. The second-order valence-electron chi connectivity index (χ2n) is 25.2. The van der Waals surface area contributed by atoms with Crippen molar-refractivity contribution >= 4 is 17.9 Å². The molecule has 0 radical (unpaired) electrons. The third-order valence-corrected chi connectivity index (χ3v) is 16.9. The standard InChI is InChI=1S/C76H142O6/c1-4-7-10-13-16-19-22-25-28-30-31-32-33-34-35-36-37-38-39-40-41-42-43-44-45-46-49-51-54-57-60-63-66-69-75(78)81-72-73(71-80-74(77)68-65-62-59-56-53-50-47-27-24-21-18-15-12-9-6-3)82-76(79)70-67-64-61-58-55-52-48-29-26-23-20-17-14-11-8-5-2/h22,25,30-31,33-34,73H,4-21,23-24,26-29,32,35-72H2,1-3H3/b25-22-,31-30-,34-33-. The molecule has 0 bridgehead atoms. The van der Waals surface area contributed by atoms with Gasteiger partial charge in [0.1, 0.15) is 13.2 Å². The quantitative estimate of drug-likeness (QED) is 0.0261. The number of esters is 3. The molecule has 0 amide bonds. The fourth-order valence-corrected chi connectivity index (χ4v) is 11.3. The van der Waals surface area contributed by atoms with Crippen LogP contribution in [0.25, 0.3) is 0 Å². The summed E-state index contributed by atoms with van der Waals surface area (Å²) in [5.74, 6) is -0.829. The first-order valence-corrected chi connectivity index (χ1v) is 37.0. The summed E-state index contributed by atoms with van der Waals surface area (Å²) in [5, 5.41) is 0. The van der Waals surface area contributed by atoms with Crippen LogP contribution >= 0.6 is 0 Å². The molecule has 6 heteroatoms. The van der Waals surface area contributed by atoms with Crippen LogP contribution in [-0.4, -0.2) is 37.2 Å². The minimum atomic E-state index is -0.767. The van der Waals surface area contributed by atoms with Crippen molar-refractivity contribution in [3.05, 3.63) is 36.5 Å². The average molecular weight is 1150 g/mol. The molecule has 0 saturated carbocycles. The Labute approximate surface area is 512 Å². The SMILES string of the molecule is CCCCCCC/C=C\C/C=C\C/C=C\CCCCCCCCCCCCCCCCCCCCC(=O)OCC(COC(=O)CCCCCCCCCCCCCCCCC)OC(=O)CCCCCCCCCCCCCCCCCC. The van der Waals surface area contributed by atoms with E-state index in [4.69, 9.17) is 14.2 Å². The van der Waals surface area contributed by atoms with Crippen LogP contribution in [0, 0.1) is 0 Å². The van der Waals surface area contributed by atoms with Crippen molar-refractivity contribution in [1.29, 1.82) is 0 Å². The second-order valence-corrected chi connectivity index (χ2v) is 25.2. The van der Waals surface area contributed by atoms with E-state index in [1.165, 1.54) is 302 Å². The lowest BCUT2D eigenvalue weighted by Crippen LogP contribution is -2.30. The molecule has 482 valence electrons. The predicted octanol–water partition coefficient (Wildman–Crippen LogP) is 25.5. The number of carbonyl (C=O) groups is 3. The molecular weight excluding hydrogens is 1010 g/mol. The van der Waals surface area contributed by atoms with Crippen molar-refractivity contribution in [3.63, 3.8) is 0 Å². The van der Waals surface area contributed by atoms with E-state index >= 15 is 0 Å². The fraction of sp³-hybridized carbons (Fsp3) is 0.882. The molecule has 6 nitrogen and oxygen atoms in total. The molecule has 0 aliphatic carbocycles. The van der Waals surface area contributed by atoms with Crippen LogP contribution in [0.1, 0.15) is 412 Å². The highest BCUT2D eigenvalue weighted by atomic mass is 16.6. The minimum absolute atomic E-state index is 0.0638. The van der Waals surface area contributed by atoms with Crippen molar-refractivity contribution in [2.75, 3.05) is 13.2 Å². The molecule has 0 aliphatic rings. The molecule has 1 atom stereocenters. The van der Waals surface area contributed by atoms with Crippen LogP contribution < -0.4 is 0 Å². The third-order valence-electron chi connectivity index (χ3n) is 16.9.